The number of para-hydroxylation sites is 1. The van der Waals surface area contributed by atoms with Crippen molar-refractivity contribution in [1.82, 2.24) is 10.6 Å². The van der Waals surface area contributed by atoms with Crippen LogP contribution in [0.15, 0.2) is 48.5 Å². The molecule has 4 amide bonds. The third kappa shape index (κ3) is 6.95. The summed E-state index contributed by atoms with van der Waals surface area (Å²) in [5, 5.41) is 11.0. The third-order valence-corrected chi connectivity index (χ3v) is 4.18. The van der Waals surface area contributed by atoms with Gasteiger partial charge in [-0.3, -0.25) is 9.59 Å². The van der Waals surface area contributed by atoms with Crippen LogP contribution in [0.3, 0.4) is 0 Å². The van der Waals surface area contributed by atoms with Gasteiger partial charge in [-0.05, 0) is 42.8 Å². The van der Waals surface area contributed by atoms with E-state index in [1.807, 2.05) is 52.0 Å². The van der Waals surface area contributed by atoms with Gasteiger partial charge >= 0.3 is 6.03 Å². The van der Waals surface area contributed by atoms with Gasteiger partial charge in [0.1, 0.15) is 0 Å². The molecule has 0 aliphatic rings. The van der Waals surface area contributed by atoms with Crippen molar-refractivity contribution >= 4 is 29.2 Å². The average molecular weight is 396 g/mol. The van der Waals surface area contributed by atoms with Gasteiger partial charge in [0.15, 0.2) is 0 Å². The minimum absolute atomic E-state index is 0.0928. The summed E-state index contributed by atoms with van der Waals surface area (Å²) in [6.45, 7) is 8.00. The van der Waals surface area contributed by atoms with Crippen LogP contribution >= 0.6 is 0 Å². The summed E-state index contributed by atoms with van der Waals surface area (Å²) < 4.78 is 0. The first-order chi connectivity index (χ1) is 13.7. The Morgan fingerprint density at radius 1 is 0.828 bits per heavy atom. The Morgan fingerprint density at radius 3 is 2.07 bits per heavy atom. The Kier molecular flexibility index (Phi) is 7.36. The first kappa shape index (κ1) is 21.9. The Balaban J connectivity index is 1.74. The van der Waals surface area contributed by atoms with Crippen LogP contribution in [0, 0.1) is 12.3 Å². The number of carbonyl (C=O) groups is 3. The number of amides is 4. The van der Waals surface area contributed by atoms with E-state index in [1.54, 1.807) is 24.3 Å². The van der Waals surface area contributed by atoms with E-state index >= 15 is 0 Å². The highest BCUT2D eigenvalue weighted by atomic mass is 16.2. The molecule has 7 heteroatoms. The quantitative estimate of drug-likeness (QED) is 0.562. The summed E-state index contributed by atoms with van der Waals surface area (Å²) >= 11 is 0. The predicted octanol–water partition coefficient (Wildman–Crippen LogP) is 3.53. The number of urea groups is 1. The van der Waals surface area contributed by atoms with E-state index in [0.717, 1.165) is 11.3 Å². The molecule has 0 spiro atoms. The zero-order chi connectivity index (χ0) is 21.4. The lowest BCUT2D eigenvalue weighted by molar-refractivity contribution is -0.123. The largest absolute Gasteiger partial charge is 0.350 e. The summed E-state index contributed by atoms with van der Waals surface area (Å²) in [7, 11) is 0. The minimum Gasteiger partial charge on any atom is -0.350 e. The molecule has 0 heterocycles. The van der Waals surface area contributed by atoms with Crippen LogP contribution < -0.4 is 21.3 Å². The van der Waals surface area contributed by atoms with E-state index in [2.05, 4.69) is 21.3 Å². The van der Waals surface area contributed by atoms with Crippen LogP contribution in [0.4, 0.5) is 16.2 Å². The van der Waals surface area contributed by atoms with Crippen molar-refractivity contribution in [3.05, 3.63) is 59.7 Å². The standard InChI is InChI=1S/C22H28N4O3/c1-15-7-5-6-8-18(15)26-21(29)24-14-13-23-19(27)16-9-11-17(12-10-16)25-20(28)22(2,3)4/h5-12H,13-14H2,1-4H3,(H,23,27)(H,25,28)(H2,24,26,29). The number of hydrogen-bond donors (Lipinski definition) is 4. The Morgan fingerprint density at radius 2 is 1.45 bits per heavy atom. The highest BCUT2D eigenvalue weighted by molar-refractivity contribution is 5.97. The van der Waals surface area contributed by atoms with Crippen molar-refractivity contribution in [1.29, 1.82) is 0 Å². The smallest absolute Gasteiger partial charge is 0.319 e. The molecule has 2 aromatic rings. The predicted molar refractivity (Wildman–Crippen MR) is 115 cm³/mol. The fraction of sp³-hybridized carbons (Fsp3) is 0.318. The first-order valence-corrected chi connectivity index (χ1v) is 9.47. The summed E-state index contributed by atoms with van der Waals surface area (Å²) in [5.41, 5.74) is 2.33. The van der Waals surface area contributed by atoms with Crippen LogP contribution in [0.2, 0.25) is 0 Å². The number of nitrogens with one attached hydrogen (secondary N) is 4. The molecule has 7 nitrogen and oxygen atoms in total. The van der Waals surface area contributed by atoms with Gasteiger partial charge in [0, 0.05) is 35.4 Å². The first-order valence-electron chi connectivity index (χ1n) is 9.47. The second kappa shape index (κ2) is 9.73. The van der Waals surface area contributed by atoms with E-state index in [9.17, 15) is 14.4 Å². The van der Waals surface area contributed by atoms with Crippen molar-refractivity contribution < 1.29 is 14.4 Å². The molecule has 2 aromatic carbocycles. The summed E-state index contributed by atoms with van der Waals surface area (Å²) in [5.74, 6) is -0.343. The normalized spacial score (nSPS) is 10.8. The molecule has 4 N–H and O–H groups in total. The zero-order valence-corrected chi connectivity index (χ0v) is 17.3. The number of aryl methyl sites for hydroxylation is 1. The SMILES string of the molecule is Cc1ccccc1NC(=O)NCCNC(=O)c1ccc(NC(=O)C(C)(C)C)cc1. The van der Waals surface area contributed by atoms with Crippen LogP contribution in [0.25, 0.3) is 0 Å². The topological polar surface area (TPSA) is 99.3 Å². The minimum atomic E-state index is -0.492. The van der Waals surface area contributed by atoms with Crippen LogP contribution in [0.5, 0.6) is 0 Å². The van der Waals surface area contributed by atoms with Gasteiger partial charge in [-0.1, -0.05) is 39.0 Å². The Bertz CT molecular complexity index is 870. The maximum Gasteiger partial charge on any atom is 0.319 e. The molecule has 0 fully saturated rings. The lowest BCUT2D eigenvalue weighted by Crippen LogP contribution is -2.36. The molecule has 0 bridgehead atoms. The molecular formula is C22H28N4O3. The van der Waals surface area contributed by atoms with Gasteiger partial charge in [0.05, 0.1) is 0 Å². The number of carbonyl (C=O) groups excluding carboxylic acids is 3. The van der Waals surface area contributed by atoms with E-state index in [4.69, 9.17) is 0 Å². The molecule has 29 heavy (non-hydrogen) atoms. The molecule has 0 saturated heterocycles. The zero-order valence-electron chi connectivity index (χ0n) is 17.3. The van der Waals surface area contributed by atoms with Crippen molar-refractivity contribution in [3.8, 4) is 0 Å². The second-order valence-corrected chi connectivity index (χ2v) is 7.73. The van der Waals surface area contributed by atoms with Crippen LogP contribution in [-0.4, -0.2) is 30.9 Å². The molecular weight excluding hydrogens is 368 g/mol. The molecule has 0 aromatic heterocycles. The van der Waals surface area contributed by atoms with Crippen LogP contribution in [-0.2, 0) is 4.79 Å². The van der Waals surface area contributed by atoms with Gasteiger partial charge in [-0.15, -0.1) is 0 Å². The Labute approximate surface area is 171 Å². The molecule has 0 radical (unpaired) electrons. The molecule has 0 atom stereocenters. The monoisotopic (exact) mass is 396 g/mol. The maximum atomic E-state index is 12.2. The average Bonchev–Trinajstić information content (AvgIpc) is 2.66. The molecule has 154 valence electrons. The Hall–Kier alpha value is -3.35. The van der Waals surface area contributed by atoms with E-state index < -0.39 is 5.41 Å². The van der Waals surface area contributed by atoms with Crippen molar-refractivity contribution in [2.45, 2.75) is 27.7 Å². The van der Waals surface area contributed by atoms with Crippen LogP contribution in [0.1, 0.15) is 36.7 Å². The summed E-state index contributed by atoms with van der Waals surface area (Å²) in [6, 6.07) is 13.8. The van der Waals surface area contributed by atoms with E-state index in [1.165, 1.54) is 0 Å². The fourth-order valence-corrected chi connectivity index (χ4v) is 2.36. The summed E-state index contributed by atoms with van der Waals surface area (Å²) in [6.07, 6.45) is 0. The van der Waals surface area contributed by atoms with E-state index in [0.29, 0.717) is 24.3 Å². The number of benzene rings is 2. The molecule has 2 rings (SSSR count). The molecule has 0 unspecified atom stereocenters. The van der Waals surface area contributed by atoms with Gasteiger partial charge < -0.3 is 21.3 Å². The lowest BCUT2D eigenvalue weighted by atomic mass is 9.95. The van der Waals surface area contributed by atoms with Crippen molar-refractivity contribution in [2.75, 3.05) is 23.7 Å². The van der Waals surface area contributed by atoms with Gasteiger partial charge in [-0.2, -0.15) is 0 Å². The van der Waals surface area contributed by atoms with Gasteiger partial charge in [0.25, 0.3) is 5.91 Å². The highest BCUT2D eigenvalue weighted by Crippen LogP contribution is 2.17. The van der Waals surface area contributed by atoms with E-state index in [-0.39, 0.29) is 17.8 Å². The number of anilines is 2. The van der Waals surface area contributed by atoms with Gasteiger partial charge in [0.2, 0.25) is 5.91 Å². The second-order valence-electron chi connectivity index (χ2n) is 7.73. The highest BCUT2D eigenvalue weighted by Gasteiger charge is 2.21. The van der Waals surface area contributed by atoms with Gasteiger partial charge in [-0.25, -0.2) is 4.79 Å². The third-order valence-electron chi connectivity index (χ3n) is 4.18. The molecule has 0 saturated carbocycles. The van der Waals surface area contributed by atoms with Crippen molar-refractivity contribution in [3.63, 3.8) is 0 Å². The summed E-state index contributed by atoms with van der Waals surface area (Å²) in [4.78, 5) is 36.1. The maximum absolute atomic E-state index is 12.2. The molecule has 0 aliphatic heterocycles. The lowest BCUT2D eigenvalue weighted by Gasteiger charge is -2.17. The number of rotatable bonds is 6. The number of hydrogen-bond acceptors (Lipinski definition) is 3. The fourth-order valence-electron chi connectivity index (χ4n) is 2.36. The molecule has 0 aliphatic carbocycles. The van der Waals surface area contributed by atoms with Crippen molar-refractivity contribution in [2.24, 2.45) is 5.41 Å².